The molecular formula is C23H31NO2. The topological polar surface area (TPSA) is 42.4 Å². The molecule has 1 aromatic carbocycles. The third-order valence-electron chi connectivity index (χ3n) is 5.94. The zero-order chi connectivity index (χ0) is 18.7. The first-order chi connectivity index (χ1) is 12.5. The van der Waals surface area contributed by atoms with Crippen LogP contribution in [0.25, 0.3) is 11.3 Å². The predicted octanol–water partition coefficient (Wildman–Crippen LogP) is 5.50. The summed E-state index contributed by atoms with van der Waals surface area (Å²) in [6, 6.07) is 13.9. The normalized spacial score (nSPS) is 24.5. The number of aliphatic hydroxyl groups is 1. The van der Waals surface area contributed by atoms with Gasteiger partial charge in [0.05, 0.1) is 24.6 Å². The maximum atomic E-state index is 11.2. The van der Waals surface area contributed by atoms with Gasteiger partial charge in [-0.05, 0) is 72.9 Å². The van der Waals surface area contributed by atoms with Crippen LogP contribution >= 0.6 is 0 Å². The maximum absolute atomic E-state index is 11.2. The van der Waals surface area contributed by atoms with E-state index in [0.717, 1.165) is 29.1 Å². The summed E-state index contributed by atoms with van der Waals surface area (Å²) >= 11 is 0. The van der Waals surface area contributed by atoms with Crippen LogP contribution in [0.3, 0.4) is 0 Å². The summed E-state index contributed by atoms with van der Waals surface area (Å²) in [7, 11) is 1.67. The Labute approximate surface area is 157 Å². The quantitative estimate of drug-likeness (QED) is 0.772. The molecule has 140 valence electrons. The van der Waals surface area contributed by atoms with Crippen LogP contribution in [0, 0.1) is 23.7 Å². The van der Waals surface area contributed by atoms with Gasteiger partial charge in [-0.1, -0.05) is 33.3 Å². The lowest BCUT2D eigenvalue weighted by molar-refractivity contribution is 0.0122. The highest BCUT2D eigenvalue weighted by molar-refractivity contribution is 5.60. The van der Waals surface area contributed by atoms with Crippen molar-refractivity contribution in [3.63, 3.8) is 0 Å². The maximum Gasteiger partial charge on any atom is 0.118 e. The summed E-state index contributed by atoms with van der Waals surface area (Å²) in [5, 5.41) is 11.2. The predicted molar refractivity (Wildman–Crippen MR) is 106 cm³/mol. The van der Waals surface area contributed by atoms with E-state index in [1.807, 2.05) is 42.5 Å². The number of benzene rings is 1. The average Bonchev–Trinajstić information content (AvgIpc) is 2.67. The minimum absolute atomic E-state index is 0.289. The van der Waals surface area contributed by atoms with Crippen molar-refractivity contribution in [3.05, 3.63) is 48.2 Å². The highest BCUT2D eigenvalue weighted by atomic mass is 16.5. The number of hydrogen-bond donors (Lipinski definition) is 1. The molecule has 0 radical (unpaired) electrons. The van der Waals surface area contributed by atoms with Crippen LogP contribution in [0.4, 0.5) is 0 Å². The van der Waals surface area contributed by atoms with Gasteiger partial charge in [-0.15, -0.1) is 0 Å². The molecule has 1 aromatic heterocycles. The van der Waals surface area contributed by atoms with Crippen LogP contribution in [-0.4, -0.2) is 17.2 Å². The molecule has 0 spiro atoms. The average molecular weight is 354 g/mol. The Morgan fingerprint density at radius 3 is 2.42 bits per heavy atom. The molecule has 1 N–H and O–H groups in total. The lowest BCUT2D eigenvalue weighted by Crippen LogP contribution is -2.32. The summed E-state index contributed by atoms with van der Waals surface area (Å²) in [6.45, 7) is 6.86. The van der Waals surface area contributed by atoms with Crippen LogP contribution in [-0.2, 0) is 0 Å². The Bertz CT molecular complexity index is 710. The zero-order valence-electron chi connectivity index (χ0n) is 16.4. The Kier molecular flexibility index (Phi) is 5.98. The van der Waals surface area contributed by atoms with E-state index in [4.69, 9.17) is 9.72 Å². The SMILES string of the molecule is COc1ccc(-c2cccc([C@@H](O)[C@H]3C[C@H](C)CC[C@H]3C(C)C)n2)cc1. The van der Waals surface area contributed by atoms with Crippen LogP contribution in [0.5, 0.6) is 5.75 Å². The second kappa shape index (κ2) is 8.22. The number of aliphatic hydroxyl groups excluding tert-OH is 1. The van der Waals surface area contributed by atoms with Crippen molar-refractivity contribution in [3.8, 4) is 17.0 Å². The van der Waals surface area contributed by atoms with Crippen molar-refractivity contribution in [2.75, 3.05) is 7.11 Å². The van der Waals surface area contributed by atoms with Crippen molar-refractivity contribution < 1.29 is 9.84 Å². The molecule has 3 heteroatoms. The molecule has 0 saturated heterocycles. The van der Waals surface area contributed by atoms with Gasteiger partial charge in [-0.3, -0.25) is 4.98 Å². The summed E-state index contributed by atoms with van der Waals surface area (Å²) in [5.41, 5.74) is 2.73. The molecule has 1 fully saturated rings. The Balaban J connectivity index is 1.85. The van der Waals surface area contributed by atoms with E-state index in [9.17, 15) is 5.11 Å². The van der Waals surface area contributed by atoms with E-state index in [1.165, 1.54) is 12.8 Å². The van der Waals surface area contributed by atoms with Crippen molar-refractivity contribution in [2.24, 2.45) is 23.7 Å². The first-order valence-corrected chi connectivity index (χ1v) is 9.79. The number of methoxy groups -OCH3 is 1. The molecule has 0 amide bonds. The van der Waals surface area contributed by atoms with Gasteiger partial charge in [0.2, 0.25) is 0 Å². The highest BCUT2D eigenvalue weighted by Gasteiger charge is 2.36. The standard InChI is InChI=1S/C23H31NO2/c1-15(2)19-13-8-16(3)14-20(19)23(25)22-7-5-6-21(24-22)17-9-11-18(26-4)12-10-17/h5-7,9-12,15-16,19-20,23,25H,8,13-14H2,1-4H3/t16-,19+,20+,23+/m1/s1. The molecule has 4 atom stereocenters. The third-order valence-corrected chi connectivity index (χ3v) is 5.94. The van der Waals surface area contributed by atoms with Crippen LogP contribution < -0.4 is 4.74 Å². The number of ether oxygens (including phenoxy) is 1. The minimum atomic E-state index is -0.497. The highest BCUT2D eigenvalue weighted by Crippen LogP contribution is 2.44. The summed E-state index contributed by atoms with van der Waals surface area (Å²) in [4.78, 5) is 4.80. The van der Waals surface area contributed by atoms with Crippen LogP contribution in [0.2, 0.25) is 0 Å². The molecule has 1 aliphatic carbocycles. The molecule has 1 aliphatic rings. The number of pyridine rings is 1. The fourth-order valence-corrected chi connectivity index (χ4v) is 4.40. The number of hydrogen-bond acceptors (Lipinski definition) is 3. The van der Waals surface area contributed by atoms with E-state index in [1.54, 1.807) is 7.11 Å². The van der Waals surface area contributed by atoms with Crippen molar-refractivity contribution in [1.82, 2.24) is 4.98 Å². The molecule has 1 saturated carbocycles. The van der Waals surface area contributed by atoms with Gasteiger partial charge in [-0.25, -0.2) is 0 Å². The third kappa shape index (κ3) is 4.09. The largest absolute Gasteiger partial charge is 0.497 e. The summed E-state index contributed by atoms with van der Waals surface area (Å²) in [6.07, 6.45) is 3.06. The molecule has 2 aromatic rings. The van der Waals surface area contributed by atoms with Crippen molar-refractivity contribution in [2.45, 2.75) is 46.1 Å². The minimum Gasteiger partial charge on any atom is -0.497 e. The molecule has 1 heterocycles. The summed E-state index contributed by atoms with van der Waals surface area (Å²) < 4.78 is 5.23. The Morgan fingerprint density at radius 2 is 1.77 bits per heavy atom. The monoisotopic (exact) mass is 353 g/mol. The fourth-order valence-electron chi connectivity index (χ4n) is 4.40. The van der Waals surface area contributed by atoms with Crippen LogP contribution in [0.15, 0.2) is 42.5 Å². The zero-order valence-corrected chi connectivity index (χ0v) is 16.4. The van der Waals surface area contributed by atoms with Gasteiger partial charge in [0.25, 0.3) is 0 Å². The Hall–Kier alpha value is -1.87. The second-order valence-electron chi connectivity index (χ2n) is 8.11. The number of rotatable bonds is 5. The molecule has 0 unspecified atom stereocenters. The van der Waals surface area contributed by atoms with Gasteiger partial charge < -0.3 is 9.84 Å². The molecule has 3 nitrogen and oxygen atoms in total. The first kappa shape index (κ1) is 18.9. The van der Waals surface area contributed by atoms with Gasteiger partial charge in [-0.2, -0.15) is 0 Å². The van der Waals surface area contributed by atoms with E-state index in [2.05, 4.69) is 20.8 Å². The van der Waals surface area contributed by atoms with Gasteiger partial charge in [0, 0.05) is 5.56 Å². The van der Waals surface area contributed by atoms with Gasteiger partial charge >= 0.3 is 0 Å². The molecule has 0 aliphatic heterocycles. The fraction of sp³-hybridized carbons (Fsp3) is 0.522. The van der Waals surface area contributed by atoms with Gasteiger partial charge in [0.15, 0.2) is 0 Å². The molecular weight excluding hydrogens is 322 g/mol. The molecule has 3 rings (SSSR count). The van der Waals surface area contributed by atoms with E-state index in [0.29, 0.717) is 17.8 Å². The summed E-state index contributed by atoms with van der Waals surface area (Å²) in [5.74, 6) is 2.95. The van der Waals surface area contributed by atoms with E-state index in [-0.39, 0.29) is 5.92 Å². The van der Waals surface area contributed by atoms with Crippen molar-refractivity contribution >= 4 is 0 Å². The van der Waals surface area contributed by atoms with Crippen molar-refractivity contribution in [1.29, 1.82) is 0 Å². The van der Waals surface area contributed by atoms with E-state index >= 15 is 0 Å². The lowest BCUT2D eigenvalue weighted by atomic mass is 9.67. The first-order valence-electron chi connectivity index (χ1n) is 9.79. The molecule has 0 bridgehead atoms. The second-order valence-corrected chi connectivity index (χ2v) is 8.11. The molecule has 26 heavy (non-hydrogen) atoms. The van der Waals surface area contributed by atoms with Gasteiger partial charge in [0.1, 0.15) is 5.75 Å². The smallest absolute Gasteiger partial charge is 0.118 e. The number of nitrogens with zero attached hydrogens (tertiary/aromatic N) is 1. The Morgan fingerprint density at radius 1 is 1.04 bits per heavy atom. The van der Waals surface area contributed by atoms with Crippen LogP contribution in [0.1, 0.15) is 51.8 Å². The number of aromatic nitrogens is 1. The lowest BCUT2D eigenvalue weighted by Gasteiger charge is -2.39. The van der Waals surface area contributed by atoms with E-state index < -0.39 is 6.10 Å².